The Bertz CT molecular complexity index is 437. The molecule has 1 aliphatic carbocycles. The van der Waals surface area contributed by atoms with Gasteiger partial charge in [0.05, 0.1) is 5.92 Å². The molecular weight excluding hydrogens is 265 g/mol. The van der Waals surface area contributed by atoms with E-state index in [0.717, 1.165) is 11.3 Å². The minimum atomic E-state index is -4.05. The molecule has 1 heterocycles. The van der Waals surface area contributed by atoms with Crippen LogP contribution in [0.2, 0.25) is 0 Å². The molecule has 5 heteroatoms. The Balaban J connectivity index is 1.89. The van der Waals surface area contributed by atoms with E-state index < -0.39 is 12.1 Å². The van der Waals surface area contributed by atoms with Crippen molar-refractivity contribution >= 4 is 0 Å². The Morgan fingerprint density at radius 1 is 1.30 bits per heavy atom. The molecular formula is C15H21F3N2. The van der Waals surface area contributed by atoms with Crippen molar-refractivity contribution in [2.45, 2.75) is 51.2 Å². The van der Waals surface area contributed by atoms with Gasteiger partial charge in [-0.2, -0.15) is 13.2 Å². The lowest BCUT2D eigenvalue weighted by Gasteiger charge is -2.33. The van der Waals surface area contributed by atoms with Gasteiger partial charge in [-0.1, -0.05) is 6.07 Å². The van der Waals surface area contributed by atoms with E-state index in [9.17, 15) is 13.2 Å². The fourth-order valence-electron chi connectivity index (χ4n) is 3.00. The van der Waals surface area contributed by atoms with Crippen molar-refractivity contribution in [2.75, 3.05) is 0 Å². The van der Waals surface area contributed by atoms with Crippen molar-refractivity contribution < 1.29 is 13.2 Å². The summed E-state index contributed by atoms with van der Waals surface area (Å²) >= 11 is 0. The molecule has 1 aromatic rings. The maximum absolute atomic E-state index is 12.6. The highest BCUT2D eigenvalue weighted by atomic mass is 19.4. The molecule has 0 aliphatic heterocycles. The minimum absolute atomic E-state index is 0.0993. The number of hydrogen-bond donors (Lipinski definition) is 1. The second-order valence-corrected chi connectivity index (χ2v) is 5.79. The second-order valence-electron chi connectivity index (χ2n) is 5.79. The van der Waals surface area contributed by atoms with Gasteiger partial charge >= 0.3 is 6.18 Å². The number of aromatic nitrogens is 1. The fourth-order valence-corrected chi connectivity index (χ4v) is 3.00. The van der Waals surface area contributed by atoms with Crippen LogP contribution < -0.4 is 5.73 Å². The molecule has 0 spiro atoms. The van der Waals surface area contributed by atoms with Gasteiger partial charge in [-0.25, -0.2) is 0 Å². The van der Waals surface area contributed by atoms with Crippen molar-refractivity contribution in [3.8, 4) is 0 Å². The quantitative estimate of drug-likeness (QED) is 0.921. The van der Waals surface area contributed by atoms with E-state index in [1.807, 2.05) is 19.1 Å². The van der Waals surface area contributed by atoms with Crippen LogP contribution in [0.1, 0.15) is 36.9 Å². The Labute approximate surface area is 117 Å². The van der Waals surface area contributed by atoms with E-state index in [1.54, 1.807) is 6.20 Å². The second kappa shape index (κ2) is 6.12. The predicted octanol–water partition coefficient (Wildman–Crippen LogP) is 3.63. The van der Waals surface area contributed by atoms with Crippen LogP contribution in [0.5, 0.6) is 0 Å². The first-order chi connectivity index (χ1) is 9.38. The van der Waals surface area contributed by atoms with Crippen molar-refractivity contribution in [3.63, 3.8) is 0 Å². The number of pyridine rings is 1. The van der Waals surface area contributed by atoms with E-state index in [0.29, 0.717) is 19.3 Å². The SMILES string of the molecule is Cc1cccnc1CC(N)C1CCC(C(F)(F)F)CC1. The first kappa shape index (κ1) is 15.3. The van der Waals surface area contributed by atoms with Gasteiger partial charge in [0.1, 0.15) is 0 Å². The Kier molecular flexibility index (Phi) is 4.68. The zero-order valence-electron chi connectivity index (χ0n) is 11.7. The number of aryl methyl sites for hydroxylation is 1. The first-order valence-electron chi connectivity index (χ1n) is 7.10. The van der Waals surface area contributed by atoms with Gasteiger partial charge in [-0.05, 0) is 50.2 Å². The van der Waals surface area contributed by atoms with Crippen LogP contribution in [-0.4, -0.2) is 17.2 Å². The maximum atomic E-state index is 12.6. The molecule has 1 atom stereocenters. The van der Waals surface area contributed by atoms with Crippen LogP contribution in [0.15, 0.2) is 18.3 Å². The summed E-state index contributed by atoms with van der Waals surface area (Å²) in [5.74, 6) is -0.961. The first-order valence-corrected chi connectivity index (χ1v) is 7.10. The number of nitrogens with two attached hydrogens (primary N) is 1. The van der Waals surface area contributed by atoms with Gasteiger partial charge in [0.25, 0.3) is 0 Å². The summed E-state index contributed by atoms with van der Waals surface area (Å²) in [6.07, 6.45) is -0.114. The highest BCUT2D eigenvalue weighted by Crippen LogP contribution is 2.40. The number of rotatable bonds is 3. The topological polar surface area (TPSA) is 38.9 Å². The monoisotopic (exact) mass is 286 g/mol. The third-order valence-electron chi connectivity index (χ3n) is 4.39. The summed E-state index contributed by atoms with van der Waals surface area (Å²) in [5.41, 5.74) is 8.23. The third-order valence-corrected chi connectivity index (χ3v) is 4.39. The van der Waals surface area contributed by atoms with E-state index in [4.69, 9.17) is 5.73 Å². The number of halogens is 3. The normalized spacial score (nSPS) is 25.4. The zero-order chi connectivity index (χ0) is 14.8. The summed E-state index contributed by atoms with van der Waals surface area (Å²) in [5, 5.41) is 0. The van der Waals surface area contributed by atoms with Gasteiger partial charge in [0, 0.05) is 24.4 Å². The summed E-state index contributed by atoms with van der Waals surface area (Å²) in [6, 6.07) is 3.76. The molecule has 0 saturated heterocycles. The number of nitrogens with zero attached hydrogens (tertiary/aromatic N) is 1. The fraction of sp³-hybridized carbons (Fsp3) is 0.667. The average molecular weight is 286 g/mol. The van der Waals surface area contributed by atoms with Gasteiger partial charge in [-0.15, -0.1) is 0 Å². The molecule has 2 rings (SSSR count). The zero-order valence-corrected chi connectivity index (χ0v) is 11.7. The molecule has 112 valence electrons. The van der Waals surface area contributed by atoms with Gasteiger partial charge in [0.15, 0.2) is 0 Å². The lowest BCUT2D eigenvalue weighted by atomic mass is 9.77. The molecule has 1 aromatic heterocycles. The molecule has 1 saturated carbocycles. The van der Waals surface area contributed by atoms with Crippen LogP contribution in [0.25, 0.3) is 0 Å². The lowest BCUT2D eigenvalue weighted by Crippen LogP contribution is -2.37. The van der Waals surface area contributed by atoms with Crippen molar-refractivity contribution in [1.29, 1.82) is 0 Å². The van der Waals surface area contributed by atoms with Crippen LogP contribution in [-0.2, 0) is 6.42 Å². The standard InChI is InChI=1S/C15H21F3N2/c1-10-3-2-8-20-14(10)9-13(19)11-4-6-12(7-5-11)15(16,17)18/h2-3,8,11-13H,4-7,9,19H2,1H3. The molecule has 1 aliphatic rings. The molecule has 20 heavy (non-hydrogen) atoms. The van der Waals surface area contributed by atoms with Gasteiger partial charge in [0.2, 0.25) is 0 Å². The molecule has 2 N–H and O–H groups in total. The Morgan fingerprint density at radius 2 is 1.95 bits per heavy atom. The van der Waals surface area contributed by atoms with Crippen LogP contribution in [0, 0.1) is 18.8 Å². The van der Waals surface area contributed by atoms with E-state index in [2.05, 4.69) is 4.98 Å². The van der Waals surface area contributed by atoms with Gasteiger partial charge < -0.3 is 5.73 Å². The van der Waals surface area contributed by atoms with E-state index in [-0.39, 0.29) is 24.8 Å². The largest absolute Gasteiger partial charge is 0.391 e. The number of hydrogen-bond acceptors (Lipinski definition) is 2. The molecule has 0 bridgehead atoms. The predicted molar refractivity (Wildman–Crippen MR) is 72.2 cm³/mol. The van der Waals surface area contributed by atoms with E-state index >= 15 is 0 Å². The molecule has 0 amide bonds. The number of alkyl halides is 3. The Morgan fingerprint density at radius 3 is 2.50 bits per heavy atom. The van der Waals surface area contributed by atoms with Crippen LogP contribution in [0.4, 0.5) is 13.2 Å². The van der Waals surface area contributed by atoms with Gasteiger partial charge in [-0.3, -0.25) is 4.98 Å². The molecule has 0 aromatic carbocycles. The summed E-state index contributed by atoms with van der Waals surface area (Å²) in [7, 11) is 0. The molecule has 0 radical (unpaired) electrons. The van der Waals surface area contributed by atoms with Crippen molar-refractivity contribution in [1.82, 2.24) is 4.98 Å². The van der Waals surface area contributed by atoms with Crippen molar-refractivity contribution in [2.24, 2.45) is 17.6 Å². The third kappa shape index (κ3) is 3.72. The molecule has 1 unspecified atom stereocenters. The summed E-state index contributed by atoms with van der Waals surface area (Å²) in [4.78, 5) is 4.31. The lowest BCUT2D eigenvalue weighted by molar-refractivity contribution is -0.184. The molecule has 2 nitrogen and oxygen atoms in total. The van der Waals surface area contributed by atoms with Crippen molar-refractivity contribution in [3.05, 3.63) is 29.6 Å². The Hall–Kier alpha value is -1.10. The average Bonchev–Trinajstić information content (AvgIpc) is 2.40. The van der Waals surface area contributed by atoms with Crippen LogP contribution >= 0.6 is 0 Å². The van der Waals surface area contributed by atoms with Crippen LogP contribution in [0.3, 0.4) is 0 Å². The highest BCUT2D eigenvalue weighted by Gasteiger charge is 2.42. The summed E-state index contributed by atoms with van der Waals surface area (Å²) in [6.45, 7) is 1.98. The maximum Gasteiger partial charge on any atom is 0.391 e. The smallest absolute Gasteiger partial charge is 0.327 e. The minimum Gasteiger partial charge on any atom is -0.327 e. The highest BCUT2D eigenvalue weighted by molar-refractivity contribution is 5.18. The molecule has 1 fully saturated rings. The summed E-state index contributed by atoms with van der Waals surface area (Å²) < 4.78 is 37.9. The van der Waals surface area contributed by atoms with E-state index in [1.165, 1.54) is 0 Å².